The zero-order valence-electron chi connectivity index (χ0n) is 7.39. The van der Waals surface area contributed by atoms with Gasteiger partial charge in [-0.2, -0.15) is 0 Å². The third-order valence-corrected chi connectivity index (χ3v) is 1.46. The van der Waals surface area contributed by atoms with E-state index in [2.05, 4.69) is 9.31 Å². The zero-order chi connectivity index (χ0) is 10.6. The van der Waals surface area contributed by atoms with Gasteiger partial charge in [0.1, 0.15) is 6.29 Å². The second-order valence-electron chi connectivity index (χ2n) is 2.40. The van der Waals surface area contributed by atoms with Crippen molar-refractivity contribution in [2.45, 2.75) is 13.3 Å². The van der Waals surface area contributed by atoms with Gasteiger partial charge in [0.05, 0.1) is 6.26 Å². The molecule has 0 aromatic heterocycles. The van der Waals surface area contributed by atoms with Gasteiger partial charge in [0, 0.05) is 5.57 Å². The van der Waals surface area contributed by atoms with Crippen LogP contribution in [0.1, 0.15) is 13.3 Å². The van der Waals surface area contributed by atoms with Gasteiger partial charge in [-0.25, -0.2) is 9.59 Å². The van der Waals surface area contributed by atoms with E-state index < -0.39 is 19.3 Å². The summed E-state index contributed by atoms with van der Waals surface area (Å²) >= 11 is 0. The molecule has 1 heterocycles. The highest BCUT2D eigenvalue weighted by Gasteiger charge is 2.45. The molecule has 0 bridgehead atoms. The lowest BCUT2D eigenvalue weighted by molar-refractivity contribution is -0.150. The summed E-state index contributed by atoms with van der Waals surface area (Å²) in [6, 6.07) is 0. The second kappa shape index (κ2) is 4.45. The molecule has 1 aliphatic heterocycles. The topological polar surface area (TPSA) is 78.9 Å². The molecule has 74 valence electrons. The summed E-state index contributed by atoms with van der Waals surface area (Å²) in [7, 11) is -1.38. The van der Waals surface area contributed by atoms with E-state index in [1.54, 1.807) is 6.92 Å². The number of hydrogen-bond acceptors (Lipinski definition) is 6. The van der Waals surface area contributed by atoms with Gasteiger partial charge in [0.15, 0.2) is 0 Å². The quantitative estimate of drug-likeness (QED) is 0.200. The molecular weight excluding hydrogens is 191 g/mol. The highest BCUT2D eigenvalue weighted by Crippen LogP contribution is 2.06. The summed E-state index contributed by atoms with van der Waals surface area (Å²) in [5.41, 5.74) is 0.365. The number of aldehydes is 1. The van der Waals surface area contributed by atoms with Gasteiger partial charge < -0.3 is 14.0 Å². The molecule has 0 aliphatic carbocycles. The lowest BCUT2D eigenvalue weighted by Gasteiger charge is -2.00. The molecule has 0 N–H and O–H groups in total. The van der Waals surface area contributed by atoms with E-state index in [1.807, 2.05) is 0 Å². The first-order chi connectivity index (χ1) is 6.67. The van der Waals surface area contributed by atoms with Crippen LogP contribution in [0.2, 0.25) is 0 Å². The lowest BCUT2D eigenvalue weighted by atomic mass is 10.2. The third-order valence-electron chi connectivity index (χ3n) is 1.46. The fraction of sp³-hybridized carbons (Fsp3) is 0.286. The van der Waals surface area contributed by atoms with Crippen LogP contribution < -0.4 is 0 Å². The van der Waals surface area contributed by atoms with Crippen LogP contribution in [-0.4, -0.2) is 25.5 Å². The number of hydrogen-bond donors (Lipinski definition) is 0. The van der Waals surface area contributed by atoms with E-state index in [0.717, 1.165) is 6.26 Å². The smallest absolute Gasteiger partial charge is 0.496 e. The molecule has 0 radical (unpaired) electrons. The summed E-state index contributed by atoms with van der Waals surface area (Å²) in [6.45, 7) is 1.75. The van der Waals surface area contributed by atoms with Gasteiger partial charge in [0.25, 0.3) is 0 Å². The van der Waals surface area contributed by atoms with Crippen LogP contribution in [0.5, 0.6) is 0 Å². The monoisotopic (exact) mass is 198 g/mol. The minimum Gasteiger partial charge on any atom is -0.496 e. The van der Waals surface area contributed by atoms with Crippen molar-refractivity contribution in [3.8, 4) is 0 Å². The van der Waals surface area contributed by atoms with Crippen molar-refractivity contribution in [2.75, 3.05) is 0 Å². The fourth-order valence-electron chi connectivity index (χ4n) is 0.688. The molecule has 0 spiro atoms. The Kier molecular flexibility index (Phi) is 3.27. The van der Waals surface area contributed by atoms with Crippen LogP contribution in [-0.2, 0) is 28.3 Å². The van der Waals surface area contributed by atoms with Gasteiger partial charge in [-0.1, -0.05) is 6.92 Å². The molecule has 1 aliphatic rings. The molecule has 1 saturated heterocycles. The molecule has 14 heavy (non-hydrogen) atoms. The molecule has 6 nitrogen and oxygen atoms in total. The molecule has 0 aromatic rings. The number of carbonyl (C=O) groups is 3. The van der Waals surface area contributed by atoms with Gasteiger partial charge in [-0.3, -0.25) is 4.79 Å². The Hall–Kier alpha value is -1.79. The van der Waals surface area contributed by atoms with Crippen LogP contribution in [0.4, 0.5) is 0 Å². The van der Waals surface area contributed by atoms with Crippen molar-refractivity contribution >= 4 is 25.5 Å². The van der Waals surface area contributed by atoms with Gasteiger partial charge >= 0.3 is 19.3 Å². The van der Waals surface area contributed by atoms with Gasteiger partial charge in [-0.05, 0) is 6.42 Å². The van der Waals surface area contributed by atoms with E-state index in [-0.39, 0.29) is 0 Å². The number of carbonyl (C=O) groups excluding carboxylic acids is 3. The summed E-state index contributed by atoms with van der Waals surface area (Å²) < 4.78 is 13.3. The van der Waals surface area contributed by atoms with Crippen LogP contribution in [0.3, 0.4) is 0 Å². The largest absolute Gasteiger partial charge is 0.868 e. The summed E-state index contributed by atoms with van der Waals surface area (Å²) in [4.78, 5) is 31.3. The molecule has 0 unspecified atom stereocenters. The molecular formula is C7H7BO6. The highest BCUT2D eigenvalue weighted by atomic mass is 16.8. The summed E-state index contributed by atoms with van der Waals surface area (Å²) in [5, 5.41) is 0. The Labute approximate surface area is 80.0 Å². The average molecular weight is 198 g/mol. The van der Waals surface area contributed by atoms with Gasteiger partial charge in [0.2, 0.25) is 0 Å². The Balaban J connectivity index is 2.47. The summed E-state index contributed by atoms with van der Waals surface area (Å²) in [5.74, 6) is -2.21. The minimum absolute atomic E-state index is 0.365. The van der Waals surface area contributed by atoms with Crippen molar-refractivity contribution in [3.05, 3.63) is 11.8 Å². The molecule has 7 heteroatoms. The average Bonchev–Trinajstić information content (AvgIpc) is 2.48. The van der Waals surface area contributed by atoms with Crippen molar-refractivity contribution < 1.29 is 28.3 Å². The van der Waals surface area contributed by atoms with E-state index in [0.29, 0.717) is 18.3 Å². The predicted molar refractivity (Wildman–Crippen MR) is 43.5 cm³/mol. The Morgan fingerprint density at radius 1 is 1.43 bits per heavy atom. The maximum atomic E-state index is 10.5. The SMILES string of the molecule is CCC(C=O)=COB1OC(=O)C(=O)O1. The van der Waals surface area contributed by atoms with E-state index in [1.165, 1.54) is 0 Å². The Bertz CT molecular complexity index is 281. The van der Waals surface area contributed by atoms with Crippen molar-refractivity contribution in [1.29, 1.82) is 0 Å². The van der Waals surface area contributed by atoms with Crippen molar-refractivity contribution in [3.63, 3.8) is 0 Å². The second-order valence-corrected chi connectivity index (χ2v) is 2.40. The first-order valence-electron chi connectivity index (χ1n) is 3.88. The number of rotatable bonds is 4. The zero-order valence-corrected chi connectivity index (χ0v) is 7.39. The van der Waals surface area contributed by atoms with Crippen molar-refractivity contribution in [1.82, 2.24) is 0 Å². The molecule has 0 saturated carbocycles. The maximum absolute atomic E-state index is 10.5. The summed E-state index contributed by atoms with van der Waals surface area (Å²) in [6.07, 6.45) is 2.15. The maximum Gasteiger partial charge on any atom is 0.868 e. The highest BCUT2D eigenvalue weighted by molar-refractivity contribution is 6.55. The van der Waals surface area contributed by atoms with Gasteiger partial charge in [-0.15, -0.1) is 0 Å². The molecule has 1 fully saturated rings. The number of allylic oxidation sites excluding steroid dienone is 1. The van der Waals surface area contributed by atoms with Crippen LogP contribution in [0.25, 0.3) is 0 Å². The Morgan fingerprint density at radius 2 is 2.00 bits per heavy atom. The predicted octanol–water partition coefficient (Wildman–Crippen LogP) is -0.419. The lowest BCUT2D eigenvalue weighted by Crippen LogP contribution is -2.17. The van der Waals surface area contributed by atoms with E-state index >= 15 is 0 Å². The standard InChI is InChI=1S/C7H7BO6/c1-2-5(3-9)4-12-8-13-6(10)7(11)14-8/h3-4H,2H2,1H3. The molecule has 0 amide bonds. The third kappa shape index (κ3) is 2.35. The van der Waals surface area contributed by atoms with E-state index in [9.17, 15) is 14.4 Å². The molecule has 0 aromatic carbocycles. The van der Waals surface area contributed by atoms with Crippen LogP contribution in [0, 0.1) is 0 Å². The van der Waals surface area contributed by atoms with Crippen molar-refractivity contribution in [2.24, 2.45) is 0 Å². The molecule has 1 rings (SSSR count). The van der Waals surface area contributed by atoms with E-state index in [4.69, 9.17) is 4.65 Å². The Morgan fingerprint density at radius 3 is 2.43 bits per heavy atom. The van der Waals surface area contributed by atoms with Crippen LogP contribution in [0.15, 0.2) is 11.8 Å². The molecule has 0 atom stereocenters. The fourth-order valence-corrected chi connectivity index (χ4v) is 0.688. The normalized spacial score (nSPS) is 16.4. The first-order valence-corrected chi connectivity index (χ1v) is 3.88. The van der Waals surface area contributed by atoms with Crippen LogP contribution >= 0.6 is 0 Å². The first kappa shape index (κ1) is 10.3. The minimum atomic E-state index is -1.38.